The number of carbonyl (C=O) groups excluding carboxylic acids is 2. The number of nitrogens with one attached hydrogen (secondary N) is 1. The van der Waals surface area contributed by atoms with Crippen LogP contribution in [0.5, 0.6) is 5.75 Å². The Morgan fingerprint density at radius 3 is 2.65 bits per heavy atom. The second-order valence-electron chi connectivity index (χ2n) is 4.37. The SMILES string of the molecule is CNC(=O)CCN(C)C(=O)[C@H](C)Oc1ccccc1Br. The van der Waals surface area contributed by atoms with Crippen LogP contribution in [0.2, 0.25) is 0 Å². The molecule has 0 bridgehead atoms. The Balaban J connectivity index is 2.54. The van der Waals surface area contributed by atoms with Gasteiger partial charge in [-0.1, -0.05) is 12.1 Å². The Hall–Kier alpha value is -1.56. The number of nitrogens with zero attached hydrogens (tertiary/aromatic N) is 1. The van der Waals surface area contributed by atoms with Crippen LogP contribution < -0.4 is 10.1 Å². The van der Waals surface area contributed by atoms with Crippen LogP contribution in [0.15, 0.2) is 28.7 Å². The standard InChI is InChI=1S/C14H19BrN2O3/c1-10(20-12-7-5-4-6-11(12)15)14(19)17(3)9-8-13(18)16-2/h4-7,10H,8-9H2,1-3H3,(H,16,18)/t10-/m0/s1. The summed E-state index contributed by atoms with van der Waals surface area (Å²) in [5.74, 6) is 0.363. The zero-order chi connectivity index (χ0) is 15.1. The highest BCUT2D eigenvalue weighted by atomic mass is 79.9. The van der Waals surface area contributed by atoms with Crippen molar-refractivity contribution in [3.05, 3.63) is 28.7 Å². The van der Waals surface area contributed by atoms with Crippen LogP contribution >= 0.6 is 15.9 Å². The number of amides is 2. The first-order valence-electron chi connectivity index (χ1n) is 6.32. The Labute approximate surface area is 127 Å². The van der Waals surface area contributed by atoms with Gasteiger partial charge in [0.15, 0.2) is 6.10 Å². The molecule has 0 aliphatic rings. The first kappa shape index (κ1) is 16.5. The summed E-state index contributed by atoms with van der Waals surface area (Å²) in [4.78, 5) is 24.8. The summed E-state index contributed by atoms with van der Waals surface area (Å²) in [6, 6.07) is 7.35. The van der Waals surface area contributed by atoms with Crippen molar-refractivity contribution in [1.82, 2.24) is 10.2 Å². The molecule has 0 aliphatic carbocycles. The second-order valence-corrected chi connectivity index (χ2v) is 5.23. The minimum Gasteiger partial charge on any atom is -0.480 e. The highest BCUT2D eigenvalue weighted by molar-refractivity contribution is 9.10. The summed E-state index contributed by atoms with van der Waals surface area (Å²) < 4.78 is 6.42. The number of likely N-dealkylation sites (N-methyl/N-ethyl adjacent to an activating group) is 1. The van der Waals surface area contributed by atoms with E-state index in [0.717, 1.165) is 4.47 Å². The number of benzene rings is 1. The fourth-order valence-corrected chi connectivity index (χ4v) is 1.97. The van der Waals surface area contributed by atoms with Crippen LogP contribution in [0.4, 0.5) is 0 Å². The van der Waals surface area contributed by atoms with Gasteiger partial charge in [0, 0.05) is 27.1 Å². The van der Waals surface area contributed by atoms with Crippen LogP contribution in [0.3, 0.4) is 0 Å². The van der Waals surface area contributed by atoms with Crippen LogP contribution in [-0.2, 0) is 9.59 Å². The Bertz CT molecular complexity index is 479. The van der Waals surface area contributed by atoms with Gasteiger partial charge in [0.2, 0.25) is 5.91 Å². The van der Waals surface area contributed by atoms with Crippen molar-refractivity contribution in [1.29, 1.82) is 0 Å². The molecule has 110 valence electrons. The van der Waals surface area contributed by atoms with Gasteiger partial charge in [0.25, 0.3) is 5.91 Å². The maximum atomic E-state index is 12.1. The molecule has 0 aromatic heterocycles. The molecule has 1 aromatic carbocycles. The molecular weight excluding hydrogens is 324 g/mol. The molecule has 1 atom stereocenters. The molecule has 1 N–H and O–H groups in total. The number of carbonyl (C=O) groups is 2. The number of halogens is 1. The Kier molecular flexibility index (Phi) is 6.51. The van der Waals surface area contributed by atoms with Crippen LogP contribution in [0.1, 0.15) is 13.3 Å². The van der Waals surface area contributed by atoms with Gasteiger partial charge >= 0.3 is 0 Å². The normalized spacial score (nSPS) is 11.6. The van der Waals surface area contributed by atoms with Gasteiger partial charge in [0.05, 0.1) is 4.47 Å². The summed E-state index contributed by atoms with van der Waals surface area (Å²) in [5, 5.41) is 2.52. The third kappa shape index (κ3) is 4.85. The molecule has 20 heavy (non-hydrogen) atoms. The fraction of sp³-hybridized carbons (Fsp3) is 0.429. The molecule has 0 saturated heterocycles. The molecule has 6 heteroatoms. The molecule has 0 radical (unpaired) electrons. The van der Waals surface area contributed by atoms with Gasteiger partial charge in [-0.15, -0.1) is 0 Å². The third-order valence-electron chi connectivity index (χ3n) is 2.82. The van der Waals surface area contributed by atoms with E-state index in [9.17, 15) is 9.59 Å². The minimum absolute atomic E-state index is 0.0935. The second kappa shape index (κ2) is 7.89. The summed E-state index contributed by atoms with van der Waals surface area (Å²) in [6.45, 7) is 2.06. The summed E-state index contributed by atoms with van der Waals surface area (Å²) in [6.07, 6.45) is -0.330. The number of para-hydroxylation sites is 1. The smallest absolute Gasteiger partial charge is 0.263 e. The molecule has 0 unspecified atom stereocenters. The van der Waals surface area contributed by atoms with E-state index < -0.39 is 6.10 Å². The molecule has 0 aliphatic heterocycles. The number of ether oxygens (including phenoxy) is 1. The van der Waals surface area contributed by atoms with Gasteiger partial charge in [-0.2, -0.15) is 0 Å². The highest BCUT2D eigenvalue weighted by Gasteiger charge is 2.20. The maximum Gasteiger partial charge on any atom is 0.263 e. The van der Waals surface area contributed by atoms with Gasteiger partial charge in [-0.25, -0.2) is 0 Å². The molecule has 1 aromatic rings. The number of rotatable bonds is 6. The molecule has 0 fully saturated rings. The number of hydrogen-bond acceptors (Lipinski definition) is 3. The zero-order valence-corrected chi connectivity index (χ0v) is 13.4. The van der Waals surface area contributed by atoms with Crippen molar-refractivity contribution in [2.45, 2.75) is 19.4 Å². The molecular formula is C14H19BrN2O3. The Morgan fingerprint density at radius 1 is 1.40 bits per heavy atom. The lowest BCUT2D eigenvalue weighted by atomic mass is 10.3. The van der Waals surface area contributed by atoms with E-state index in [1.165, 1.54) is 4.90 Å². The van der Waals surface area contributed by atoms with E-state index in [-0.39, 0.29) is 18.2 Å². The van der Waals surface area contributed by atoms with Gasteiger partial charge in [-0.3, -0.25) is 9.59 Å². The van der Waals surface area contributed by atoms with E-state index in [1.807, 2.05) is 18.2 Å². The average molecular weight is 343 g/mol. The first-order chi connectivity index (χ1) is 9.45. The monoisotopic (exact) mass is 342 g/mol. The number of hydrogen-bond donors (Lipinski definition) is 1. The Morgan fingerprint density at radius 2 is 2.05 bits per heavy atom. The van der Waals surface area contributed by atoms with Crippen molar-refractivity contribution in [2.24, 2.45) is 0 Å². The molecule has 0 saturated carbocycles. The average Bonchev–Trinajstić information content (AvgIpc) is 2.45. The fourth-order valence-electron chi connectivity index (χ4n) is 1.60. The van der Waals surface area contributed by atoms with Crippen molar-refractivity contribution in [2.75, 3.05) is 20.6 Å². The summed E-state index contributed by atoms with van der Waals surface area (Å²) in [5.41, 5.74) is 0. The van der Waals surface area contributed by atoms with Crippen molar-refractivity contribution in [3.63, 3.8) is 0 Å². The summed E-state index contributed by atoms with van der Waals surface area (Å²) >= 11 is 3.37. The zero-order valence-electron chi connectivity index (χ0n) is 11.9. The first-order valence-corrected chi connectivity index (χ1v) is 7.11. The minimum atomic E-state index is -0.608. The topological polar surface area (TPSA) is 58.6 Å². The molecule has 0 heterocycles. The van der Waals surface area contributed by atoms with Crippen molar-refractivity contribution in [3.8, 4) is 5.75 Å². The predicted octanol–water partition coefficient (Wildman–Crippen LogP) is 1.81. The van der Waals surface area contributed by atoms with Crippen LogP contribution in [0, 0.1) is 0 Å². The van der Waals surface area contributed by atoms with E-state index in [0.29, 0.717) is 12.3 Å². The van der Waals surface area contributed by atoms with Gasteiger partial charge < -0.3 is 15.0 Å². The van der Waals surface area contributed by atoms with E-state index in [4.69, 9.17) is 4.74 Å². The third-order valence-corrected chi connectivity index (χ3v) is 3.47. The summed E-state index contributed by atoms with van der Waals surface area (Å²) in [7, 11) is 3.23. The predicted molar refractivity (Wildman–Crippen MR) is 80.6 cm³/mol. The largest absolute Gasteiger partial charge is 0.480 e. The lowest BCUT2D eigenvalue weighted by molar-refractivity contribution is -0.137. The lowest BCUT2D eigenvalue weighted by Gasteiger charge is -2.22. The molecule has 5 nitrogen and oxygen atoms in total. The molecule has 0 spiro atoms. The van der Waals surface area contributed by atoms with Gasteiger partial charge in [0.1, 0.15) is 5.75 Å². The van der Waals surface area contributed by atoms with E-state index in [1.54, 1.807) is 27.1 Å². The van der Waals surface area contributed by atoms with Gasteiger partial charge in [-0.05, 0) is 35.0 Å². The van der Waals surface area contributed by atoms with Crippen LogP contribution in [0.25, 0.3) is 0 Å². The van der Waals surface area contributed by atoms with E-state index in [2.05, 4.69) is 21.2 Å². The molecule has 1 rings (SSSR count). The van der Waals surface area contributed by atoms with Crippen molar-refractivity contribution >= 4 is 27.7 Å². The lowest BCUT2D eigenvalue weighted by Crippen LogP contribution is -2.39. The van der Waals surface area contributed by atoms with E-state index >= 15 is 0 Å². The molecule has 2 amide bonds. The maximum absolute atomic E-state index is 12.1. The quantitative estimate of drug-likeness (QED) is 0.857. The van der Waals surface area contributed by atoms with Crippen LogP contribution in [-0.4, -0.2) is 43.5 Å². The highest BCUT2D eigenvalue weighted by Crippen LogP contribution is 2.25. The van der Waals surface area contributed by atoms with Crippen molar-refractivity contribution < 1.29 is 14.3 Å².